The smallest absolute Gasteiger partial charge is 0.261 e. The standard InChI is InChI=1S/C16H18N2O3/c1-10-8-11(2)17-15(20)14(10)16(21)18-13(9-19)12-6-4-3-5-7-12/h3-8,13,19H,9H2,1-2H3,(H,17,20)(H,18,21). The van der Waals surface area contributed by atoms with E-state index in [1.807, 2.05) is 30.3 Å². The highest BCUT2D eigenvalue weighted by Gasteiger charge is 2.19. The maximum Gasteiger partial charge on any atom is 0.261 e. The monoisotopic (exact) mass is 286 g/mol. The number of aromatic amines is 1. The van der Waals surface area contributed by atoms with Crippen molar-refractivity contribution in [3.05, 3.63) is 69.1 Å². The molecule has 5 nitrogen and oxygen atoms in total. The number of benzene rings is 1. The number of amides is 1. The number of aliphatic hydroxyl groups is 1. The van der Waals surface area contributed by atoms with Gasteiger partial charge >= 0.3 is 0 Å². The summed E-state index contributed by atoms with van der Waals surface area (Å²) in [4.78, 5) is 26.8. The summed E-state index contributed by atoms with van der Waals surface area (Å²) in [7, 11) is 0. The van der Waals surface area contributed by atoms with Crippen molar-refractivity contribution in [1.29, 1.82) is 0 Å². The predicted octanol–water partition coefficient (Wildman–Crippen LogP) is 1.46. The highest BCUT2D eigenvalue weighted by Crippen LogP contribution is 2.13. The van der Waals surface area contributed by atoms with E-state index < -0.39 is 17.5 Å². The van der Waals surface area contributed by atoms with E-state index in [0.29, 0.717) is 11.3 Å². The largest absolute Gasteiger partial charge is 0.394 e. The van der Waals surface area contributed by atoms with Crippen molar-refractivity contribution in [2.75, 3.05) is 6.61 Å². The number of carbonyl (C=O) groups is 1. The molecule has 0 aliphatic carbocycles. The number of pyridine rings is 1. The van der Waals surface area contributed by atoms with Gasteiger partial charge in [0.1, 0.15) is 5.56 Å². The van der Waals surface area contributed by atoms with E-state index in [9.17, 15) is 14.7 Å². The molecule has 0 spiro atoms. The quantitative estimate of drug-likeness (QED) is 0.795. The predicted molar refractivity (Wildman–Crippen MR) is 80.3 cm³/mol. The number of hydrogen-bond donors (Lipinski definition) is 3. The van der Waals surface area contributed by atoms with Gasteiger partial charge in [-0.05, 0) is 31.0 Å². The molecule has 0 bridgehead atoms. The number of hydrogen-bond acceptors (Lipinski definition) is 3. The van der Waals surface area contributed by atoms with Crippen LogP contribution in [0, 0.1) is 13.8 Å². The minimum absolute atomic E-state index is 0.0787. The lowest BCUT2D eigenvalue weighted by Gasteiger charge is -2.17. The summed E-state index contributed by atoms with van der Waals surface area (Å²) in [6, 6.07) is 10.3. The number of aromatic nitrogens is 1. The highest BCUT2D eigenvalue weighted by atomic mass is 16.3. The Morgan fingerprint density at radius 1 is 1.29 bits per heavy atom. The molecular weight excluding hydrogens is 268 g/mol. The third-order valence-corrected chi connectivity index (χ3v) is 3.28. The van der Waals surface area contributed by atoms with Gasteiger partial charge in [-0.2, -0.15) is 0 Å². The molecular formula is C16H18N2O3. The van der Waals surface area contributed by atoms with Crippen LogP contribution in [-0.4, -0.2) is 22.6 Å². The summed E-state index contributed by atoms with van der Waals surface area (Å²) in [5.41, 5.74) is 1.76. The maximum atomic E-state index is 12.3. The molecule has 0 fully saturated rings. The van der Waals surface area contributed by atoms with Crippen molar-refractivity contribution in [2.45, 2.75) is 19.9 Å². The fourth-order valence-corrected chi connectivity index (χ4v) is 2.29. The number of nitrogens with one attached hydrogen (secondary N) is 2. The van der Waals surface area contributed by atoms with Gasteiger partial charge in [0.15, 0.2) is 0 Å². The van der Waals surface area contributed by atoms with Gasteiger partial charge in [0, 0.05) is 5.69 Å². The molecule has 1 unspecified atom stereocenters. The number of rotatable bonds is 4. The van der Waals surface area contributed by atoms with E-state index in [0.717, 1.165) is 5.56 Å². The van der Waals surface area contributed by atoms with Crippen LogP contribution in [0.25, 0.3) is 0 Å². The summed E-state index contributed by atoms with van der Waals surface area (Å²) in [5, 5.41) is 12.1. The Bertz CT molecular complexity index is 692. The Labute approximate surface area is 122 Å². The van der Waals surface area contributed by atoms with Crippen molar-refractivity contribution in [2.24, 2.45) is 0 Å². The van der Waals surface area contributed by atoms with Crippen LogP contribution in [0.5, 0.6) is 0 Å². The average Bonchev–Trinajstić information content (AvgIpc) is 2.44. The first-order valence-electron chi connectivity index (χ1n) is 6.70. The van der Waals surface area contributed by atoms with Gasteiger partial charge in [-0.3, -0.25) is 9.59 Å². The topological polar surface area (TPSA) is 82.2 Å². The zero-order valence-corrected chi connectivity index (χ0v) is 12.0. The van der Waals surface area contributed by atoms with Crippen molar-refractivity contribution in [1.82, 2.24) is 10.3 Å². The summed E-state index contributed by atoms with van der Waals surface area (Å²) in [6.45, 7) is 3.24. The van der Waals surface area contributed by atoms with Crippen molar-refractivity contribution in [3.8, 4) is 0 Å². The normalized spacial score (nSPS) is 12.0. The van der Waals surface area contributed by atoms with Gasteiger partial charge in [0.25, 0.3) is 11.5 Å². The molecule has 1 amide bonds. The SMILES string of the molecule is Cc1cc(C)c(C(=O)NC(CO)c2ccccc2)c(=O)[nH]1. The second-order valence-electron chi connectivity index (χ2n) is 4.96. The summed E-state index contributed by atoms with van der Waals surface area (Å²) < 4.78 is 0. The van der Waals surface area contributed by atoms with Gasteiger partial charge in [-0.25, -0.2) is 0 Å². The molecule has 0 radical (unpaired) electrons. The first-order chi connectivity index (χ1) is 10.0. The molecule has 21 heavy (non-hydrogen) atoms. The Hall–Kier alpha value is -2.40. The minimum Gasteiger partial charge on any atom is -0.394 e. The van der Waals surface area contributed by atoms with Crippen LogP contribution in [0.2, 0.25) is 0 Å². The van der Waals surface area contributed by atoms with Crippen molar-refractivity contribution in [3.63, 3.8) is 0 Å². The third-order valence-electron chi connectivity index (χ3n) is 3.28. The molecule has 0 saturated heterocycles. The fourth-order valence-electron chi connectivity index (χ4n) is 2.29. The number of carbonyl (C=O) groups excluding carboxylic acids is 1. The van der Waals surface area contributed by atoms with Crippen LogP contribution in [0.4, 0.5) is 0 Å². The van der Waals surface area contributed by atoms with Crippen LogP contribution >= 0.6 is 0 Å². The van der Waals surface area contributed by atoms with Gasteiger partial charge in [-0.1, -0.05) is 30.3 Å². The summed E-state index contributed by atoms with van der Waals surface area (Å²) in [5.74, 6) is -0.489. The summed E-state index contributed by atoms with van der Waals surface area (Å²) >= 11 is 0. The Morgan fingerprint density at radius 3 is 2.52 bits per heavy atom. The van der Waals surface area contributed by atoms with E-state index in [2.05, 4.69) is 10.3 Å². The van der Waals surface area contributed by atoms with Gasteiger partial charge in [-0.15, -0.1) is 0 Å². The first-order valence-corrected chi connectivity index (χ1v) is 6.70. The number of aryl methyl sites for hydroxylation is 2. The molecule has 0 aliphatic heterocycles. The summed E-state index contributed by atoms with van der Waals surface area (Å²) in [6.07, 6.45) is 0. The van der Waals surface area contributed by atoms with Crippen LogP contribution < -0.4 is 10.9 Å². The highest BCUT2D eigenvalue weighted by molar-refractivity contribution is 5.95. The van der Waals surface area contributed by atoms with E-state index in [1.165, 1.54) is 0 Å². The molecule has 5 heteroatoms. The maximum absolute atomic E-state index is 12.3. The molecule has 0 saturated carbocycles. The molecule has 2 rings (SSSR count). The molecule has 0 aliphatic rings. The lowest BCUT2D eigenvalue weighted by atomic mass is 10.1. The van der Waals surface area contributed by atoms with Crippen LogP contribution in [0.1, 0.15) is 33.2 Å². The zero-order valence-electron chi connectivity index (χ0n) is 12.0. The Kier molecular flexibility index (Phi) is 4.55. The zero-order chi connectivity index (χ0) is 15.4. The molecule has 1 heterocycles. The van der Waals surface area contributed by atoms with Gasteiger partial charge in [0.2, 0.25) is 0 Å². The minimum atomic E-state index is -0.543. The van der Waals surface area contributed by atoms with Crippen molar-refractivity contribution < 1.29 is 9.90 Å². The fraction of sp³-hybridized carbons (Fsp3) is 0.250. The third kappa shape index (κ3) is 3.38. The molecule has 2 aromatic rings. The van der Waals surface area contributed by atoms with E-state index in [4.69, 9.17) is 0 Å². The first kappa shape index (κ1) is 15.0. The van der Waals surface area contributed by atoms with Crippen molar-refractivity contribution >= 4 is 5.91 Å². The van der Waals surface area contributed by atoms with E-state index in [1.54, 1.807) is 19.9 Å². The van der Waals surface area contributed by atoms with E-state index >= 15 is 0 Å². The number of H-pyrrole nitrogens is 1. The lowest BCUT2D eigenvalue weighted by molar-refractivity contribution is 0.0914. The van der Waals surface area contributed by atoms with Crippen LogP contribution in [0.3, 0.4) is 0 Å². The van der Waals surface area contributed by atoms with Crippen LogP contribution in [0.15, 0.2) is 41.2 Å². The molecule has 1 aromatic heterocycles. The Balaban J connectivity index is 2.27. The Morgan fingerprint density at radius 2 is 1.95 bits per heavy atom. The van der Waals surface area contributed by atoms with Gasteiger partial charge in [0.05, 0.1) is 12.6 Å². The second-order valence-corrected chi connectivity index (χ2v) is 4.96. The van der Waals surface area contributed by atoms with E-state index in [-0.39, 0.29) is 12.2 Å². The molecule has 110 valence electrons. The molecule has 1 atom stereocenters. The molecule has 3 N–H and O–H groups in total. The van der Waals surface area contributed by atoms with Gasteiger partial charge < -0.3 is 15.4 Å². The van der Waals surface area contributed by atoms with Crippen LogP contribution in [-0.2, 0) is 0 Å². The second kappa shape index (κ2) is 6.37. The average molecular weight is 286 g/mol. The molecule has 1 aromatic carbocycles. The number of aliphatic hydroxyl groups excluding tert-OH is 1. The lowest BCUT2D eigenvalue weighted by Crippen LogP contribution is -2.35.